The van der Waals surface area contributed by atoms with Gasteiger partial charge in [0, 0.05) is 11.3 Å². The SMILES string of the molecule is Cc1ccc(NC(=O)C(C)OC(=O)c2ccc3nc(-c4ccccc4)[nH]c3c2)c(C)c1. The van der Waals surface area contributed by atoms with Gasteiger partial charge in [-0.1, -0.05) is 48.0 Å². The summed E-state index contributed by atoms with van der Waals surface area (Å²) in [5, 5.41) is 2.81. The zero-order valence-corrected chi connectivity index (χ0v) is 17.6. The van der Waals surface area contributed by atoms with Crippen molar-refractivity contribution in [2.75, 3.05) is 5.32 Å². The monoisotopic (exact) mass is 413 g/mol. The number of amides is 1. The number of benzene rings is 3. The highest BCUT2D eigenvalue weighted by molar-refractivity contribution is 5.99. The van der Waals surface area contributed by atoms with Crippen molar-refractivity contribution in [1.29, 1.82) is 0 Å². The van der Waals surface area contributed by atoms with Gasteiger partial charge in [0.25, 0.3) is 5.91 Å². The molecule has 0 bridgehead atoms. The van der Waals surface area contributed by atoms with Gasteiger partial charge < -0.3 is 15.0 Å². The molecule has 4 aromatic rings. The number of anilines is 1. The maximum atomic E-state index is 12.6. The van der Waals surface area contributed by atoms with E-state index in [4.69, 9.17) is 4.74 Å². The molecule has 1 unspecified atom stereocenters. The number of aromatic nitrogens is 2. The Morgan fingerprint density at radius 1 is 1.00 bits per heavy atom. The highest BCUT2D eigenvalue weighted by Crippen LogP contribution is 2.22. The second kappa shape index (κ2) is 8.44. The Morgan fingerprint density at radius 2 is 1.77 bits per heavy atom. The summed E-state index contributed by atoms with van der Waals surface area (Å²) in [6, 6.07) is 20.6. The highest BCUT2D eigenvalue weighted by Gasteiger charge is 2.20. The fraction of sp³-hybridized carbons (Fsp3) is 0.160. The van der Waals surface area contributed by atoms with Gasteiger partial charge in [-0.05, 0) is 50.6 Å². The molecule has 0 aliphatic rings. The topological polar surface area (TPSA) is 84.1 Å². The molecule has 0 saturated heterocycles. The van der Waals surface area contributed by atoms with Crippen LogP contribution in [-0.2, 0) is 9.53 Å². The average Bonchev–Trinajstić information content (AvgIpc) is 3.19. The molecule has 0 aliphatic heterocycles. The Balaban J connectivity index is 1.46. The lowest BCUT2D eigenvalue weighted by Crippen LogP contribution is -2.30. The maximum Gasteiger partial charge on any atom is 0.338 e. The van der Waals surface area contributed by atoms with Crippen molar-refractivity contribution in [3.63, 3.8) is 0 Å². The molecule has 6 heteroatoms. The van der Waals surface area contributed by atoms with Gasteiger partial charge >= 0.3 is 5.97 Å². The van der Waals surface area contributed by atoms with Gasteiger partial charge in [0.2, 0.25) is 0 Å². The summed E-state index contributed by atoms with van der Waals surface area (Å²) >= 11 is 0. The normalized spacial score (nSPS) is 11.8. The van der Waals surface area contributed by atoms with E-state index in [1.54, 1.807) is 25.1 Å². The van der Waals surface area contributed by atoms with E-state index in [-0.39, 0.29) is 5.91 Å². The van der Waals surface area contributed by atoms with Crippen molar-refractivity contribution in [2.24, 2.45) is 0 Å². The van der Waals surface area contributed by atoms with E-state index in [2.05, 4.69) is 15.3 Å². The number of nitrogens with zero attached hydrogens (tertiary/aromatic N) is 1. The lowest BCUT2D eigenvalue weighted by Gasteiger charge is -2.15. The zero-order chi connectivity index (χ0) is 22.0. The summed E-state index contributed by atoms with van der Waals surface area (Å²) in [6.07, 6.45) is -0.939. The van der Waals surface area contributed by atoms with E-state index >= 15 is 0 Å². The summed E-state index contributed by atoms with van der Waals surface area (Å²) in [7, 11) is 0. The second-order valence-corrected chi connectivity index (χ2v) is 7.54. The third-order valence-corrected chi connectivity index (χ3v) is 5.06. The summed E-state index contributed by atoms with van der Waals surface area (Å²) in [5.74, 6) is -0.224. The summed E-state index contributed by atoms with van der Waals surface area (Å²) in [6.45, 7) is 5.46. The van der Waals surface area contributed by atoms with Crippen LogP contribution in [0, 0.1) is 13.8 Å². The highest BCUT2D eigenvalue weighted by atomic mass is 16.5. The number of esters is 1. The van der Waals surface area contributed by atoms with Crippen LogP contribution in [0.1, 0.15) is 28.4 Å². The van der Waals surface area contributed by atoms with Crippen LogP contribution in [0.25, 0.3) is 22.4 Å². The van der Waals surface area contributed by atoms with E-state index in [0.29, 0.717) is 11.3 Å². The summed E-state index contributed by atoms with van der Waals surface area (Å²) in [4.78, 5) is 32.9. The van der Waals surface area contributed by atoms with Crippen molar-refractivity contribution in [3.8, 4) is 11.4 Å². The predicted molar refractivity (Wildman–Crippen MR) is 121 cm³/mol. The summed E-state index contributed by atoms with van der Waals surface area (Å²) < 4.78 is 5.39. The number of ether oxygens (including phenoxy) is 1. The number of imidazole rings is 1. The van der Waals surface area contributed by atoms with Crippen molar-refractivity contribution >= 4 is 28.6 Å². The van der Waals surface area contributed by atoms with E-state index < -0.39 is 12.1 Å². The molecule has 1 heterocycles. The van der Waals surface area contributed by atoms with Crippen LogP contribution >= 0.6 is 0 Å². The van der Waals surface area contributed by atoms with Crippen LogP contribution in [0.5, 0.6) is 0 Å². The molecule has 6 nitrogen and oxygen atoms in total. The minimum Gasteiger partial charge on any atom is -0.449 e. The summed E-state index contributed by atoms with van der Waals surface area (Å²) in [5.41, 5.74) is 5.54. The number of fused-ring (bicyclic) bond motifs is 1. The van der Waals surface area contributed by atoms with Crippen molar-refractivity contribution in [3.05, 3.63) is 83.4 Å². The van der Waals surface area contributed by atoms with Crippen LogP contribution in [0.3, 0.4) is 0 Å². The van der Waals surface area contributed by atoms with E-state index in [9.17, 15) is 9.59 Å². The molecule has 2 N–H and O–H groups in total. The van der Waals surface area contributed by atoms with Crippen molar-refractivity contribution in [2.45, 2.75) is 26.9 Å². The molecule has 0 saturated carbocycles. The smallest absolute Gasteiger partial charge is 0.338 e. The molecule has 0 fully saturated rings. The van der Waals surface area contributed by atoms with Crippen LogP contribution in [0.15, 0.2) is 66.7 Å². The standard InChI is InChI=1S/C25H23N3O3/c1-15-9-11-20(16(2)13-15)28-24(29)17(3)31-25(30)19-10-12-21-22(14-19)27-23(26-21)18-7-5-4-6-8-18/h4-14,17H,1-3H3,(H,26,27)(H,28,29). The Morgan fingerprint density at radius 3 is 2.52 bits per heavy atom. The number of hydrogen-bond acceptors (Lipinski definition) is 4. The molecule has 1 aromatic heterocycles. The largest absolute Gasteiger partial charge is 0.449 e. The number of hydrogen-bond donors (Lipinski definition) is 2. The third kappa shape index (κ3) is 4.48. The van der Waals surface area contributed by atoms with Gasteiger partial charge in [0.05, 0.1) is 16.6 Å². The van der Waals surface area contributed by atoms with E-state index in [1.165, 1.54) is 0 Å². The molecule has 4 rings (SSSR count). The van der Waals surface area contributed by atoms with Crippen LogP contribution < -0.4 is 5.32 Å². The Labute approximate surface area is 180 Å². The molecule has 1 amide bonds. The van der Waals surface area contributed by atoms with Crippen molar-refractivity contribution in [1.82, 2.24) is 9.97 Å². The number of nitrogens with one attached hydrogen (secondary N) is 2. The first kappa shape index (κ1) is 20.3. The first-order chi connectivity index (χ1) is 14.9. The van der Waals surface area contributed by atoms with Crippen LogP contribution in [0.2, 0.25) is 0 Å². The quantitative estimate of drug-likeness (QED) is 0.450. The first-order valence-electron chi connectivity index (χ1n) is 10.0. The average molecular weight is 413 g/mol. The fourth-order valence-corrected chi connectivity index (χ4v) is 3.34. The Bertz CT molecular complexity index is 1260. The van der Waals surface area contributed by atoms with Gasteiger partial charge in [-0.15, -0.1) is 0 Å². The number of aromatic amines is 1. The molecule has 0 radical (unpaired) electrons. The van der Waals surface area contributed by atoms with Crippen LogP contribution in [0.4, 0.5) is 5.69 Å². The number of aryl methyl sites for hydroxylation is 2. The molecule has 156 valence electrons. The molecule has 0 spiro atoms. The lowest BCUT2D eigenvalue weighted by atomic mass is 10.1. The molecular formula is C25H23N3O3. The predicted octanol–water partition coefficient (Wildman–Crippen LogP) is 5.03. The second-order valence-electron chi connectivity index (χ2n) is 7.54. The van der Waals surface area contributed by atoms with Gasteiger partial charge in [-0.25, -0.2) is 9.78 Å². The zero-order valence-electron chi connectivity index (χ0n) is 17.6. The molecule has 31 heavy (non-hydrogen) atoms. The lowest BCUT2D eigenvalue weighted by molar-refractivity contribution is -0.123. The molecular weight excluding hydrogens is 390 g/mol. The van der Waals surface area contributed by atoms with E-state index in [1.807, 2.05) is 62.4 Å². The molecule has 0 aliphatic carbocycles. The van der Waals surface area contributed by atoms with E-state index in [0.717, 1.165) is 33.5 Å². The number of rotatable bonds is 5. The van der Waals surface area contributed by atoms with Crippen LogP contribution in [-0.4, -0.2) is 27.9 Å². The number of carbonyl (C=O) groups excluding carboxylic acids is 2. The number of carbonyl (C=O) groups is 2. The number of H-pyrrole nitrogens is 1. The van der Waals surface area contributed by atoms with Gasteiger partial charge in [-0.2, -0.15) is 0 Å². The first-order valence-corrected chi connectivity index (χ1v) is 10.0. The Hall–Kier alpha value is -3.93. The van der Waals surface area contributed by atoms with Gasteiger partial charge in [0.1, 0.15) is 5.82 Å². The van der Waals surface area contributed by atoms with Gasteiger partial charge in [0.15, 0.2) is 6.10 Å². The minimum atomic E-state index is -0.939. The van der Waals surface area contributed by atoms with Gasteiger partial charge in [-0.3, -0.25) is 4.79 Å². The minimum absolute atomic E-state index is 0.349. The molecule has 1 atom stereocenters. The third-order valence-electron chi connectivity index (χ3n) is 5.06. The fourth-order valence-electron chi connectivity index (χ4n) is 3.34. The molecule has 3 aromatic carbocycles. The Kier molecular flexibility index (Phi) is 5.54. The maximum absolute atomic E-state index is 12.6. The van der Waals surface area contributed by atoms with Crippen molar-refractivity contribution < 1.29 is 14.3 Å².